The number of nitrogens with one attached hydrogen (secondary N) is 2. The minimum absolute atomic E-state index is 0.278. The van der Waals surface area contributed by atoms with E-state index in [4.69, 9.17) is 9.47 Å². The van der Waals surface area contributed by atoms with Crippen LogP contribution in [-0.4, -0.2) is 69.4 Å². The summed E-state index contributed by atoms with van der Waals surface area (Å²) in [6, 6.07) is -0.664. The number of aliphatic hydroxyl groups is 2. The van der Waals surface area contributed by atoms with E-state index in [1.165, 1.54) is 38.5 Å². The van der Waals surface area contributed by atoms with Gasteiger partial charge in [0.15, 0.2) is 0 Å². The molecular weight excluding hydrogens is 637 g/mol. The van der Waals surface area contributed by atoms with Crippen molar-refractivity contribution in [3.8, 4) is 0 Å². The Morgan fingerprint density at radius 1 is 0.633 bits per heavy atom. The molecule has 2 rings (SSSR count). The quantitative estimate of drug-likeness (QED) is 0.112. The summed E-state index contributed by atoms with van der Waals surface area (Å²) in [6.45, 7) is 20.1. The summed E-state index contributed by atoms with van der Waals surface area (Å²) in [7, 11) is 0. The van der Waals surface area contributed by atoms with Crippen molar-refractivity contribution >= 4 is 23.9 Å². The van der Waals surface area contributed by atoms with Gasteiger partial charge in [-0.1, -0.05) is 91.9 Å². The zero-order valence-electron chi connectivity index (χ0n) is 33.0. The molecule has 0 aliphatic heterocycles. The molecular formula is C40H76N2O6S. The molecule has 288 valence electrons. The smallest absolute Gasteiger partial charge is 0.407 e. The second-order valence-electron chi connectivity index (χ2n) is 18.1. The maximum absolute atomic E-state index is 12.8. The average molecular weight is 713 g/mol. The summed E-state index contributed by atoms with van der Waals surface area (Å²) in [5.74, 6) is 4.14. The summed E-state index contributed by atoms with van der Waals surface area (Å²) in [5.41, 5.74) is -1.19. The Bertz CT molecular complexity index is 862. The number of ether oxygens (including phenoxy) is 2. The van der Waals surface area contributed by atoms with E-state index in [9.17, 15) is 19.8 Å². The molecule has 4 N–H and O–H groups in total. The van der Waals surface area contributed by atoms with Crippen molar-refractivity contribution in [2.45, 2.75) is 195 Å². The summed E-state index contributed by atoms with van der Waals surface area (Å²) in [5, 5.41) is 29.3. The largest absolute Gasteiger partial charge is 0.444 e. The highest BCUT2D eigenvalue weighted by molar-refractivity contribution is 7.99. The number of hydrogen-bond donors (Lipinski definition) is 4. The molecule has 0 unspecified atom stereocenters. The Balaban J connectivity index is 2.04. The lowest BCUT2D eigenvalue weighted by Gasteiger charge is -2.34. The number of carbonyl (C=O) groups excluding carboxylic acids is 2. The predicted molar refractivity (Wildman–Crippen MR) is 204 cm³/mol. The Morgan fingerprint density at radius 3 is 1.24 bits per heavy atom. The second-order valence-corrected chi connectivity index (χ2v) is 19.2. The molecule has 0 bridgehead atoms. The second kappa shape index (κ2) is 21.4. The molecule has 8 nitrogen and oxygen atoms in total. The molecule has 9 heteroatoms. The van der Waals surface area contributed by atoms with Crippen molar-refractivity contribution in [3.63, 3.8) is 0 Å². The summed E-state index contributed by atoms with van der Waals surface area (Å²) >= 11 is 1.90. The van der Waals surface area contributed by atoms with Crippen LogP contribution in [0.2, 0.25) is 0 Å². The lowest BCUT2D eigenvalue weighted by Crippen LogP contribution is -2.47. The third-order valence-corrected chi connectivity index (χ3v) is 11.9. The Labute approximate surface area is 304 Å². The molecule has 0 heterocycles. The van der Waals surface area contributed by atoms with Gasteiger partial charge in [-0.25, -0.2) is 9.59 Å². The van der Waals surface area contributed by atoms with Gasteiger partial charge in [-0.15, -0.1) is 0 Å². The number of thioether (sulfide) groups is 1. The van der Waals surface area contributed by atoms with Gasteiger partial charge in [-0.2, -0.15) is 11.8 Å². The number of aliphatic hydroxyl groups excluding tert-OH is 2. The van der Waals surface area contributed by atoms with E-state index in [1.807, 2.05) is 53.3 Å². The number of alkyl carbamates (subject to hydrolysis) is 2. The number of amides is 2. The molecule has 0 aromatic heterocycles. The molecule has 49 heavy (non-hydrogen) atoms. The fourth-order valence-corrected chi connectivity index (χ4v) is 9.27. The molecule has 2 aliphatic rings. The lowest BCUT2D eigenvalue weighted by molar-refractivity contribution is 0.0342. The molecule has 6 atom stereocenters. The molecule has 0 aromatic carbocycles. The molecule has 0 saturated heterocycles. The maximum atomic E-state index is 12.8. The van der Waals surface area contributed by atoms with Gasteiger partial charge in [0.1, 0.15) is 11.2 Å². The minimum Gasteiger partial charge on any atom is -0.444 e. The van der Waals surface area contributed by atoms with Crippen LogP contribution in [0.3, 0.4) is 0 Å². The van der Waals surface area contributed by atoms with Gasteiger partial charge < -0.3 is 30.3 Å². The number of rotatable bonds is 18. The van der Waals surface area contributed by atoms with E-state index < -0.39 is 35.6 Å². The Hall–Kier alpha value is -1.19. The van der Waals surface area contributed by atoms with Gasteiger partial charge in [0.05, 0.1) is 24.3 Å². The van der Waals surface area contributed by atoms with Crippen LogP contribution >= 0.6 is 11.8 Å². The van der Waals surface area contributed by atoms with E-state index in [2.05, 4.69) is 38.3 Å². The molecule has 2 aliphatic carbocycles. The zero-order valence-corrected chi connectivity index (χ0v) is 33.8. The molecule has 0 radical (unpaired) electrons. The van der Waals surface area contributed by atoms with Gasteiger partial charge in [-0.05, 0) is 114 Å². The first kappa shape index (κ1) is 44.0. The van der Waals surface area contributed by atoms with E-state index in [-0.39, 0.29) is 23.9 Å². The van der Waals surface area contributed by atoms with E-state index >= 15 is 0 Å². The van der Waals surface area contributed by atoms with Crippen molar-refractivity contribution in [1.29, 1.82) is 0 Å². The molecule has 2 saturated carbocycles. The van der Waals surface area contributed by atoms with Crippen molar-refractivity contribution in [2.75, 3.05) is 11.5 Å². The van der Waals surface area contributed by atoms with Crippen LogP contribution in [-0.2, 0) is 9.47 Å². The van der Waals surface area contributed by atoms with Gasteiger partial charge in [0, 0.05) is 0 Å². The van der Waals surface area contributed by atoms with Crippen molar-refractivity contribution in [1.82, 2.24) is 10.6 Å². The Kier molecular flexibility index (Phi) is 19.2. The normalized spacial score (nSPS) is 20.7. The summed E-state index contributed by atoms with van der Waals surface area (Å²) < 4.78 is 11.2. The number of hydrogen-bond acceptors (Lipinski definition) is 7. The highest BCUT2D eigenvalue weighted by atomic mass is 32.2. The highest BCUT2D eigenvalue weighted by Crippen LogP contribution is 2.33. The summed E-state index contributed by atoms with van der Waals surface area (Å²) in [4.78, 5) is 25.6. The standard InChI is InChI=1S/C40H76N2O6S/c1-27(2)31(23-35(43)33(21-29-17-13-11-14-18-29)41-37(45)47-39(5,6)7)25-49-26-32(28(3)4)24-36(44)34(22-30-19-15-12-16-20-30)42-38(46)48-40(8,9)10/h27-36,43-44H,11-26H2,1-10H3,(H,41,45)(H,42,46)/t31-,32-,33+,34+,35+,36+/m1/s1. The minimum atomic E-state index is -0.648. The van der Waals surface area contributed by atoms with Crippen molar-refractivity contribution in [3.05, 3.63) is 0 Å². The fraction of sp³-hybridized carbons (Fsp3) is 0.950. The average Bonchev–Trinajstić information content (AvgIpc) is 2.98. The van der Waals surface area contributed by atoms with Crippen LogP contribution in [0.15, 0.2) is 0 Å². The van der Waals surface area contributed by atoms with E-state index in [0.717, 1.165) is 50.0 Å². The van der Waals surface area contributed by atoms with Crippen LogP contribution in [0, 0.1) is 35.5 Å². The topological polar surface area (TPSA) is 117 Å². The van der Waals surface area contributed by atoms with Crippen LogP contribution in [0.5, 0.6) is 0 Å². The van der Waals surface area contributed by atoms with E-state index in [1.54, 1.807) is 0 Å². The van der Waals surface area contributed by atoms with Crippen LogP contribution in [0.1, 0.15) is 159 Å². The SMILES string of the molecule is CC(C)[C@@H](CSC[C@@H](C[C@H](O)[C@H](CC1CCCCC1)NC(=O)OC(C)(C)C)C(C)C)C[C@H](O)[C@H](CC1CCCCC1)NC(=O)OC(C)(C)C. The van der Waals surface area contributed by atoms with Gasteiger partial charge >= 0.3 is 12.2 Å². The fourth-order valence-electron chi connectivity index (χ4n) is 7.49. The first-order chi connectivity index (χ1) is 22.8. The summed E-state index contributed by atoms with van der Waals surface area (Å²) in [6.07, 6.45) is 12.6. The maximum Gasteiger partial charge on any atom is 0.407 e. The van der Waals surface area contributed by atoms with Crippen LogP contribution in [0.4, 0.5) is 9.59 Å². The van der Waals surface area contributed by atoms with Gasteiger partial charge in [-0.3, -0.25) is 0 Å². The first-order valence-corrected chi connectivity index (χ1v) is 20.9. The zero-order chi connectivity index (χ0) is 36.8. The highest BCUT2D eigenvalue weighted by Gasteiger charge is 2.33. The van der Waals surface area contributed by atoms with Crippen LogP contribution in [0.25, 0.3) is 0 Å². The third kappa shape index (κ3) is 18.7. The predicted octanol–water partition coefficient (Wildman–Crippen LogP) is 9.49. The molecule has 2 amide bonds. The van der Waals surface area contributed by atoms with Crippen molar-refractivity contribution in [2.24, 2.45) is 35.5 Å². The molecule has 2 fully saturated rings. The van der Waals surface area contributed by atoms with Gasteiger partial charge in [0.2, 0.25) is 0 Å². The van der Waals surface area contributed by atoms with Crippen molar-refractivity contribution < 1.29 is 29.3 Å². The Morgan fingerprint density at radius 2 is 0.959 bits per heavy atom. The number of carbonyl (C=O) groups is 2. The van der Waals surface area contributed by atoms with E-state index in [0.29, 0.717) is 36.5 Å². The third-order valence-electron chi connectivity index (χ3n) is 10.6. The molecule has 0 aromatic rings. The van der Waals surface area contributed by atoms with Crippen LogP contribution < -0.4 is 10.6 Å². The molecule has 0 spiro atoms. The lowest BCUT2D eigenvalue weighted by atomic mass is 9.81. The monoisotopic (exact) mass is 713 g/mol. The van der Waals surface area contributed by atoms with Gasteiger partial charge in [0.25, 0.3) is 0 Å². The first-order valence-electron chi connectivity index (χ1n) is 19.8.